The highest BCUT2D eigenvalue weighted by Crippen LogP contribution is 2.28. The molecule has 0 spiro atoms. The van der Waals surface area contributed by atoms with Gasteiger partial charge in [0.25, 0.3) is 0 Å². The molecular formula is C24H20O4S2. The SMILES string of the molecule is CS(=O)c1ccc(Cc2c(-c3ccc(S(C)=O)cc3)oc3ccccc3c2=O)cc1. The Morgan fingerprint density at radius 2 is 1.33 bits per heavy atom. The van der Waals surface area contributed by atoms with Crippen LogP contribution >= 0.6 is 0 Å². The van der Waals surface area contributed by atoms with Crippen LogP contribution in [0.4, 0.5) is 0 Å². The van der Waals surface area contributed by atoms with Gasteiger partial charge in [0, 0.05) is 61.4 Å². The molecule has 0 saturated heterocycles. The number of benzene rings is 3. The lowest BCUT2D eigenvalue weighted by Crippen LogP contribution is -2.12. The second-order valence-corrected chi connectivity index (χ2v) is 9.75. The highest BCUT2D eigenvalue weighted by molar-refractivity contribution is 7.84. The van der Waals surface area contributed by atoms with Gasteiger partial charge in [0.15, 0.2) is 5.43 Å². The Morgan fingerprint density at radius 3 is 1.93 bits per heavy atom. The van der Waals surface area contributed by atoms with E-state index in [9.17, 15) is 13.2 Å². The molecule has 30 heavy (non-hydrogen) atoms. The van der Waals surface area contributed by atoms with Crippen LogP contribution in [-0.4, -0.2) is 20.9 Å². The van der Waals surface area contributed by atoms with E-state index in [2.05, 4.69) is 0 Å². The summed E-state index contributed by atoms with van der Waals surface area (Å²) in [7, 11) is -2.13. The fourth-order valence-corrected chi connectivity index (χ4v) is 4.41. The third kappa shape index (κ3) is 4.06. The van der Waals surface area contributed by atoms with Crippen LogP contribution in [0.15, 0.2) is 91.8 Å². The van der Waals surface area contributed by atoms with Crippen molar-refractivity contribution in [2.24, 2.45) is 0 Å². The summed E-state index contributed by atoms with van der Waals surface area (Å²) in [4.78, 5) is 14.8. The summed E-state index contributed by atoms with van der Waals surface area (Å²) in [5, 5.41) is 0.536. The van der Waals surface area contributed by atoms with Crippen LogP contribution in [0, 0.1) is 0 Å². The van der Waals surface area contributed by atoms with Crippen molar-refractivity contribution >= 4 is 32.6 Å². The molecule has 4 aromatic rings. The van der Waals surface area contributed by atoms with Gasteiger partial charge in [-0.3, -0.25) is 13.2 Å². The topological polar surface area (TPSA) is 64.3 Å². The van der Waals surface area contributed by atoms with Crippen molar-refractivity contribution < 1.29 is 12.8 Å². The van der Waals surface area contributed by atoms with Crippen molar-refractivity contribution in [2.75, 3.05) is 12.5 Å². The van der Waals surface area contributed by atoms with E-state index in [-0.39, 0.29) is 5.43 Å². The van der Waals surface area contributed by atoms with Gasteiger partial charge in [-0.15, -0.1) is 0 Å². The molecule has 0 aliphatic rings. The zero-order chi connectivity index (χ0) is 21.3. The first-order valence-electron chi connectivity index (χ1n) is 9.35. The maximum atomic E-state index is 13.3. The summed E-state index contributed by atoms with van der Waals surface area (Å²) in [5.41, 5.74) is 2.70. The highest BCUT2D eigenvalue weighted by Gasteiger charge is 2.17. The molecule has 0 saturated carbocycles. The van der Waals surface area contributed by atoms with E-state index in [0.29, 0.717) is 33.6 Å². The van der Waals surface area contributed by atoms with Gasteiger partial charge in [-0.1, -0.05) is 36.4 Å². The summed E-state index contributed by atoms with van der Waals surface area (Å²) >= 11 is 0. The van der Waals surface area contributed by atoms with Crippen LogP contribution in [0.3, 0.4) is 0 Å². The standard InChI is InChI=1S/C24H20O4S2/c1-29(26)18-11-7-16(8-12-18)15-21-23(25)20-5-3-4-6-22(20)28-24(21)17-9-13-19(14-10-17)30(2)27/h3-14H,15H2,1-2H3. The largest absolute Gasteiger partial charge is 0.456 e. The first-order chi connectivity index (χ1) is 14.4. The Bertz CT molecular complexity index is 1320. The molecule has 0 fully saturated rings. The van der Waals surface area contributed by atoms with E-state index >= 15 is 0 Å². The minimum absolute atomic E-state index is 0.0712. The Hall–Kier alpha value is -2.83. The highest BCUT2D eigenvalue weighted by atomic mass is 32.2. The van der Waals surface area contributed by atoms with Crippen molar-refractivity contribution in [3.8, 4) is 11.3 Å². The number of fused-ring (bicyclic) bond motifs is 1. The molecule has 2 unspecified atom stereocenters. The average Bonchev–Trinajstić information content (AvgIpc) is 2.76. The van der Waals surface area contributed by atoms with E-state index in [1.54, 1.807) is 36.8 Å². The Kier molecular flexibility index (Phi) is 5.79. The van der Waals surface area contributed by atoms with Gasteiger partial charge in [0.1, 0.15) is 11.3 Å². The monoisotopic (exact) mass is 436 g/mol. The molecule has 6 heteroatoms. The van der Waals surface area contributed by atoms with Crippen molar-refractivity contribution in [2.45, 2.75) is 16.2 Å². The molecule has 0 radical (unpaired) electrons. The van der Waals surface area contributed by atoms with Gasteiger partial charge >= 0.3 is 0 Å². The maximum absolute atomic E-state index is 13.3. The fraction of sp³-hybridized carbons (Fsp3) is 0.125. The predicted octanol–water partition coefficient (Wildman–Crippen LogP) is 4.53. The van der Waals surface area contributed by atoms with E-state index < -0.39 is 21.6 Å². The molecule has 4 rings (SSSR count). The minimum atomic E-state index is -1.08. The second kappa shape index (κ2) is 8.50. The minimum Gasteiger partial charge on any atom is -0.456 e. The molecular weight excluding hydrogens is 416 g/mol. The number of para-hydroxylation sites is 1. The van der Waals surface area contributed by atoms with Crippen LogP contribution in [0.2, 0.25) is 0 Å². The Labute approximate surface area is 179 Å². The molecule has 4 nitrogen and oxygen atoms in total. The maximum Gasteiger partial charge on any atom is 0.196 e. The van der Waals surface area contributed by atoms with Crippen LogP contribution in [0.5, 0.6) is 0 Å². The molecule has 1 aromatic heterocycles. The second-order valence-electron chi connectivity index (χ2n) is 6.99. The smallest absolute Gasteiger partial charge is 0.196 e. The summed E-state index contributed by atoms with van der Waals surface area (Å²) in [6.45, 7) is 0. The van der Waals surface area contributed by atoms with E-state index in [1.165, 1.54) is 0 Å². The van der Waals surface area contributed by atoms with Crippen molar-refractivity contribution in [3.63, 3.8) is 0 Å². The van der Waals surface area contributed by atoms with Gasteiger partial charge < -0.3 is 4.42 Å². The van der Waals surface area contributed by atoms with Crippen LogP contribution in [-0.2, 0) is 28.0 Å². The molecule has 0 aliphatic carbocycles. The molecule has 2 atom stereocenters. The fourth-order valence-electron chi connectivity index (χ4n) is 3.38. The summed E-state index contributed by atoms with van der Waals surface area (Å²) in [6.07, 6.45) is 3.65. The molecule has 0 N–H and O–H groups in total. The lowest BCUT2D eigenvalue weighted by Gasteiger charge is -2.11. The molecule has 0 aliphatic heterocycles. The summed E-state index contributed by atoms with van der Waals surface area (Å²) in [6, 6.07) is 21.8. The first kappa shape index (κ1) is 20.4. The van der Waals surface area contributed by atoms with Crippen LogP contribution < -0.4 is 5.43 Å². The zero-order valence-electron chi connectivity index (χ0n) is 16.6. The molecule has 0 amide bonds. The number of rotatable bonds is 5. The van der Waals surface area contributed by atoms with E-state index in [1.807, 2.05) is 48.5 Å². The molecule has 0 bridgehead atoms. The molecule has 1 heterocycles. The first-order valence-corrected chi connectivity index (χ1v) is 12.5. The average molecular weight is 437 g/mol. The van der Waals surface area contributed by atoms with Gasteiger partial charge in [0.05, 0.1) is 5.39 Å². The normalized spacial score (nSPS) is 13.3. The third-order valence-electron chi connectivity index (χ3n) is 4.98. The van der Waals surface area contributed by atoms with Crippen LogP contribution in [0.1, 0.15) is 11.1 Å². The lowest BCUT2D eigenvalue weighted by molar-refractivity contribution is 0.611. The number of hydrogen-bond acceptors (Lipinski definition) is 4. The predicted molar refractivity (Wildman–Crippen MR) is 122 cm³/mol. The lowest BCUT2D eigenvalue weighted by atomic mass is 9.98. The van der Waals surface area contributed by atoms with Crippen LogP contribution in [0.25, 0.3) is 22.3 Å². The quantitative estimate of drug-likeness (QED) is 0.461. The summed E-state index contributed by atoms with van der Waals surface area (Å²) in [5.74, 6) is 0.510. The van der Waals surface area contributed by atoms with Crippen molar-refractivity contribution in [1.82, 2.24) is 0 Å². The molecule has 152 valence electrons. The van der Waals surface area contributed by atoms with Gasteiger partial charge in [0.2, 0.25) is 0 Å². The van der Waals surface area contributed by atoms with Gasteiger partial charge in [-0.2, -0.15) is 0 Å². The number of hydrogen-bond donors (Lipinski definition) is 0. The Balaban J connectivity index is 1.86. The van der Waals surface area contributed by atoms with E-state index in [4.69, 9.17) is 4.42 Å². The van der Waals surface area contributed by atoms with Gasteiger partial charge in [-0.25, -0.2) is 0 Å². The Morgan fingerprint density at radius 1 is 0.767 bits per heavy atom. The zero-order valence-corrected chi connectivity index (χ0v) is 18.2. The third-order valence-corrected chi connectivity index (χ3v) is 6.85. The van der Waals surface area contributed by atoms with E-state index in [0.717, 1.165) is 16.0 Å². The summed E-state index contributed by atoms with van der Waals surface area (Å²) < 4.78 is 29.5. The van der Waals surface area contributed by atoms with Crippen molar-refractivity contribution in [3.05, 3.63) is 94.1 Å². The molecule has 3 aromatic carbocycles. The van der Waals surface area contributed by atoms with Crippen molar-refractivity contribution in [1.29, 1.82) is 0 Å². The van der Waals surface area contributed by atoms with Gasteiger partial charge in [-0.05, 0) is 42.0 Å².